The predicted octanol–water partition coefficient (Wildman–Crippen LogP) is 17.5. The zero-order valence-corrected chi connectivity index (χ0v) is 34.9. The maximum atomic E-state index is 2.46. The molecule has 0 aliphatic rings. The predicted molar refractivity (Wildman–Crippen MR) is 272 cm³/mol. The second-order valence-electron chi connectivity index (χ2n) is 16.5. The van der Waals surface area contributed by atoms with Crippen molar-refractivity contribution in [2.24, 2.45) is 0 Å². The Morgan fingerprint density at radius 2 is 0.571 bits per heavy atom. The zero-order chi connectivity index (χ0) is 41.9. The normalized spacial score (nSPS) is 11.8. The lowest BCUT2D eigenvalue weighted by molar-refractivity contribution is 1.30. The SMILES string of the molecule is Cc1ccc(N(c2ccccc2)c2c3ccccc3c3c4cccc5c(N(c6ccccc6)c6ccc(/C=C/c7ccccc7)cc6)c6ccccc6c(c6cccc2c63)c54)cc1. The van der Waals surface area contributed by atoms with Gasteiger partial charge in [0.05, 0.1) is 11.4 Å². The lowest BCUT2D eigenvalue weighted by Gasteiger charge is -2.31. The second kappa shape index (κ2) is 15.1. The molecule has 0 saturated heterocycles. The number of anilines is 6. The molecule has 0 aliphatic carbocycles. The van der Waals surface area contributed by atoms with E-state index in [1.165, 1.54) is 87.1 Å². The van der Waals surface area contributed by atoms with Gasteiger partial charge in [-0.2, -0.15) is 0 Å². The van der Waals surface area contributed by atoms with Crippen LogP contribution in [0.3, 0.4) is 0 Å². The standard InChI is InChI=1S/C61H42N2/c1-41-31-37-46(38-32-41)62(44-19-7-3-8-20-44)60-50-25-13-11-23-48(50)56-53-28-16-30-55-59(53)57(52-27-15-29-54(60)58(52)56)49-24-12-14-26-51(49)61(55)63(45-21-9-4-10-22-45)47-39-35-43(36-40-47)34-33-42-17-5-2-6-18-42/h2-40H,1H3/b34-33+. The molecule has 0 aromatic heterocycles. The summed E-state index contributed by atoms with van der Waals surface area (Å²) in [6.45, 7) is 2.16. The van der Waals surface area contributed by atoms with E-state index in [-0.39, 0.29) is 0 Å². The summed E-state index contributed by atoms with van der Waals surface area (Å²) in [4.78, 5) is 4.93. The lowest BCUT2D eigenvalue weighted by atomic mass is 9.83. The van der Waals surface area contributed by atoms with Crippen molar-refractivity contribution in [1.29, 1.82) is 0 Å². The van der Waals surface area contributed by atoms with Crippen molar-refractivity contribution >= 4 is 111 Å². The molecule has 0 radical (unpaired) electrons. The monoisotopic (exact) mass is 802 g/mol. The molecule has 0 saturated carbocycles. The molecule has 0 heterocycles. The average Bonchev–Trinajstić information content (AvgIpc) is 3.35. The number of hydrogen-bond acceptors (Lipinski definition) is 2. The Balaban J connectivity index is 1.18. The van der Waals surface area contributed by atoms with Crippen LogP contribution in [0.15, 0.2) is 224 Å². The van der Waals surface area contributed by atoms with E-state index >= 15 is 0 Å². The van der Waals surface area contributed by atoms with Gasteiger partial charge in [-0.15, -0.1) is 0 Å². The van der Waals surface area contributed by atoms with Crippen molar-refractivity contribution in [2.75, 3.05) is 9.80 Å². The number of fused-ring (bicyclic) bond motifs is 6. The molecule has 12 rings (SSSR count). The largest absolute Gasteiger partial charge is 0.309 e. The summed E-state index contributed by atoms with van der Waals surface area (Å²) in [7, 11) is 0. The molecule has 0 N–H and O–H groups in total. The summed E-state index contributed by atoms with van der Waals surface area (Å²) in [6, 6.07) is 82.1. The van der Waals surface area contributed by atoms with E-state index in [1.807, 2.05) is 0 Å². The fourth-order valence-electron chi connectivity index (χ4n) is 10.0. The van der Waals surface area contributed by atoms with E-state index in [0.29, 0.717) is 0 Å². The molecular formula is C61H42N2. The molecular weight excluding hydrogens is 761 g/mol. The number of para-hydroxylation sites is 2. The number of nitrogens with zero attached hydrogens (tertiary/aromatic N) is 2. The first-order valence-corrected chi connectivity index (χ1v) is 21.8. The van der Waals surface area contributed by atoms with Gasteiger partial charge in [0.2, 0.25) is 0 Å². The summed E-state index contributed by atoms with van der Waals surface area (Å²) >= 11 is 0. The zero-order valence-electron chi connectivity index (χ0n) is 34.9. The van der Waals surface area contributed by atoms with E-state index in [4.69, 9.17) is 0 Å². The highest BCUT2D eigenvalue weighted by Crippen LogP contribution is 2.54. The molecule has 12 aromatic carbocycles. The lowest BCUT2D eigenvalue weighted by Crippen LogP contribution is -2.12. The molecule has 63 heavy (non-hydrogen) atoms. The summed E-state index contributed by atoms with van der Waals surface area (Å²) in [5.41, 5.74) is 10.4. The van der Waals surface area contributed by atoms with Gasteiger partial charge in [-0.1, -0.05) is 194 Å². The van der Waals surface area contributed by atoms with Gasteiger partial charge in [-0.3, -0.25) is 0 Å². The van der Waals surface area contributed by atoms with E-state index in [9.17, 15) is 0 Å². The molecule has 0 fully saturated rings. The van der Waals surface area contributed by atoms with Crippen molar-refractivity contribution < 1.29 is 0 Å². The van der Waals surface area contributed by atoms with Crippen LogP contribution in [0.1, 0.15) is 16.7 Å². The van der Waals surface area contributed by atoms with Gasteiger partial charge >= 0.3 is 0 Å². The van der Waals surface area contributed by atoms with Crippen LogP contribution in [0, 0.1) is 6.92 Å². The van der Waals surface area contributed by atoms with Crippen LogP contribution in [0.25, 0.3) is 76.8 Å². The highest BCUT2D eigenvalue weighted by Gasteiger charge is 2.27. The van der Waals surface area contributed by atoms with Gasteiger partial charge in [0.25, 0.3) is 0 Å². The van der Waals surface area contributed by atoms with Gasteiger partial charge in [-0.05, 0) is 98.9 Å². The molecule has 0 atom stereocenters. The van der Waals surface area contributed by atoms with E-state index in [1.54, 1.807) is 0 Å². The fraction of sp³-hybridized carbons (Fsp3) is 0.0164. The average molecular weight is 803 g/mol. The Bertz CT molecular complexity index is 3650. The van der Waals surface area contributed by atoms with Crippen LogP contribution in [-0.2, 0) is 0 Å². The minimum Gasteiger partial charge on any atom is -0.309 e. The first-order valence-electron chi connectivity index (χ1n) is 21.8. The van der Waals surface area contributed by atoms with E-state index < -0.39 is 0 Å². The minimum atomic E-state index is 1.11. The summed E-state index contributed by atoms with van der Waals surface area (Å²) in [5, 5.41) is 15.0. The van der Waals surface area contributed by atoms with Gasteiger partial charge in [0, 0.05) is 55.1 Å². The molecule has 0 amide bonds. The molecule has 2 nitrogen and oxygen atoms in total. The third-order valence-corrected chi connectivity index (χ3v) is 12.8. The topological polar surface area (TPSA) is 6.48 Å². The first-order chi connectivity index (χ1) is 31.2. The number of aryl methyl sites for hydroxylation is 1. The van der Waals surface area contributed by atoms with Crippen molar-refractivity contribution in [3.63, 3.8) is 0 Å². The van der Waals surface area contributed by atoms with Crippen LogP contribution < -0.4 is 9.80 Å². The van der Waals surface area contributed by atoms with Gasteiger partial charge in [-0.25, -0.2) is 0 Å². The minimum absolute atomic E-state index is 1.11. The Labute approximate surface area is 367 Å². The molecule has 0 unspecified atom stereocenters. The van der Waals surface area contributed by atoms with Crippen LogP contribution in [0.2, 0.25) is 0 Å². The number of rotatable bonds is 8. The maximum absolute atomic E-state index is 2.46. The molecule has 0 spiro atoms. The van der Waals surface area contributed by atoms with Crippen molar-refractivity contribution in [3.8, 4) is 0 Å². The fourth-order valence-corrected chi connectivity index (χ4v) is 10.0. The molecule has 0 bridgehead atoms. The van der Waals surface area contributed by atoms with E-state index in [2.05, 4.69) is 253 Å². The smallest absolute Gasteiger partial charge is 0.0619 e. The first kappa shape index (κ1) is 36.6. The van der Waals surface area contributed by atoms with Crippen LogP contribution in [0.5, 0.6) is 0 Å². The Hall–Kier alpha value is -8.20. The second-order valence-corrected chi connectivity index (χ2v) is 16.5. The number of hydrogen-bond donors (Lipinski definition) is 0. The van der Waals surface area contributed by atoms with Crippen molar-refractivity contribution in [3.05, 3.63) is 241 Å². The van der Waals surface area contributed by atoms with E-state index in [0.717, 1.165) is 28.3 Å². The highest BCUT2D eigenvalue weighted by molar-refractivity contribution is 6.45. The van der Waals surface area contributed by atoms with Gasteiger partial charge in [0.15, 0.2) is 0 Å². The Morgan fingerprint density at radius 1 is 0.254 bits per heavy atom. The quantitative estimate of drug-likeness (QED) is 0.0858. The summed E-state index contributed by atoms with van der Waals surface area (Å²) in [5.74, 6) is 0. The number of benzene rings is 12. The van der Waals surface area contributed by atoms with Crippen LogP contribution >= 0.6 is 0 Å². The van der Waals surface area contributed by atoms with Gasteiger partial charge < -0.3 is 9.80 Å². The van der Waals surface area contributed by atoms with Crippen LogP contribution in [0.4, 0.5) is 34.1 Å². The molecule has 12 aromatic rings. The van der Waals surface area contributed by atoms with Crippen molar-refractivity contribution in [1.82, 2.24) is 0 Å². The summed E-state index contributed by atoms with van der Waals surface area (Å²) < 4.78 is 0. The Morgan fingerprint density at radius 3 is 1.03 bits per heavy atom. The maximum Gasteiger partial charge on any atom is 0.0619 e. The Kier molecular flexibility index (Phi) is 8.76. The molecule has 2 heteroatoms. The third-order valence-electron chi connectivity index (χ3n) is 12.8. The molecule has 0 aliphatic heterocycles. The molecule has 296 valence electrons. The van der Waals surface area contributed by atoms with Crippen molar-refractivity contribution in [2.45, 2.75) is 6.92 Å². The highest BCUT2D eigenvalue weighted by atomic mass is 15.2. The van der Waals surface area contributed by atoms with Gasteiger partial charge in [0.1, 0.15) is 0 Å². The van der Waals surface area contributed by atoms with Crippen LogP contribution in [-0.4, -0.2) is 0 Å². The summed E-state index contributed by atoms with van der Waals surface area (Å²) in [6.07, 6.45) is 4.37. The third kappa shape index (κ3) is 6.02.